The number of nitrogens with zero attached hydrogens (tertiary/aromatic N) is 1. The van der Waals surface area contributed by atoms with Crippen molar-refractivity contribution in [3.63, 3.8) is 0 Å². The third-order valence-corrected chi connectivity index (χ3v) is 3.29. The van der Waals surface area contributed by atoms with Gasteiger partial charge >= 0.3 is 5.97 Å². The van der Waals surface area contributed by atoms with Gasteiger partial charge in [-0.05, 0) is 30.2 Å². The molecule has 0 aliphatic heterocycles. The smallest absolute Gasteiger partial charge is 0.337 e. The van der Waals surface area contributed by atoms with E-state index in [4.69, 9.17) is 10.8 Å². The van der Waals surface area contributed by atoms with E-state index in [-0.39, 0.29) is 11.3 Å². The van der Waals surface area contributed by atoms with Crippen LogP contribution in [0.1, 0.15) is 15.9 Å². The molecule has 0 unspecified atom stereocenters. The summed E-state index contributed by atoms with van der Waals surface area (Å²) in [6.45, 7) is 0.812. The van der Waals surface area contributed by atoms with Gasteiger partial charge in [-0.25, -0.2) is 4.79 Å². The zero-order chi connectivity index (χ0) is 14.5. The Hall–Kier alpha value is -2.49. The van der Waals surface area contributed by atoms with Crippen molar-refractivity contribution < 1.29 is 9.90 Å². The van der Waals surface area contributed by atoms with Crippen LogP contribution in [-0.4, -0.2) is 24.7 Å². The van der Waals surface area contributed by atoms with Crippen LogP contribution >= 0.6 is 0 Å². The topological polar surface area (TPSA) is 66.6 Å². The summed E-state index contributed by atoms with van der Waals surface area (Å²) in [6, 6.07) is 15.3. The van der Waals surface area contributed by atoms with Crippen molar-refractivity contribution in [3.05, 3.63) is 59.7 Å². The fourth-order valence-corrected chi connectivity index (χ4v) is 2.04. The molecule has 0 aliphatic carbocycles. The van der Waals surface area contributed by atoms with Gasteiger partial charge in [0.2, 0.25) is 0 Å². The third kappa shape index (κ3) is 3.29. The lowest BCUT2D eigenvalue weighted by Gasteiger charge is -2.20. The van der Waals surface area contributed by atoms with Gasteiger partial charge in [0.05, 0.1) is 5.56 Å². The lowest BCUT2D eigenvalue weighted by Crippen LogP contribution is -2.20. The second-order valence-corrected chi connectivity index (χ2v) is 4.73. The van der Waals surface area contributed by atoms with Gasteiger partial charge in [-0.2, -0.15) is 0 Å². The molecule has 0 amide bonds. The largest absolute Gasteiger partial charge is 0.478 e. The molecule has 0 spiro atoms. The monoisotopic (exact) mass is 270 g/mol. The highest BCUT2D eigenvalue weighted by molar-refractivity contribution is 5.94. The minimum Gasteiger partial charge on any atom is -0.478 e. The Balaban J connectivity index is 2.07. The zero-order valence-corrected chi connectivity index (χ0v) is 11.4. The minimum absolute atomic E-state index is 0.147. The molecule has 4 nitrogen and oxygen atoms in total. The highest BCUT2D eigenvalue weighted by atomic mass is 16.4. The molecule has 0 bridgehead atoms. The van der Waals surface area contributed by atoms with Crippen LogP contribution in [0.15, 0.2) is 48.5 Å². The summed E-state index contributed by atoms with van der Waals surface area (Å²) >= 11 is 0. The van der Waals surface area contributed by atoms with Crippen molar-refractivity contribution >= 4 is 17.3 Å². The van der Waals surface area contributed by atoms with Crippen LogP contribution in [0.4, 0.5) is 11.4 Å². The molecule has 4 heteroatoms. The van der Waals surface area contributed by atoms with Gasteiger partial charge in [0.25, 0.3) is 0 Å². The van der Waals surface area contributed by atoms with Gasteiger partial charge in [0.15, 0.2) is 0 Å². The molecule has 2 aromatic rings. The quantitative estimate of drug-likeness (QED) is 0.820. The van der Waals surface area contributed by atoms with Gasteiger partial charge in [-0.15, -0.1) is 0 Å². The highest BCUT2D eigenvalue weighted by Gasteiger charge is 2.10. The number of carbonyl (C=O) groups is 1. The van der Waals surface area contributed by atoms with E-state index < -0.39 is 5.97 Å². The number of likely N-dealkylation sites (N-methyl/N-ethyl adjacent to an activating group) is 1. The molecule has 2 aromatic carbocycles. The van der Waals surface area contributed by atoms with E-state index in [9.17, 15) is 4.79 Å². The maximum Gasteiger partial charge on any atom is 0.337 e. The van der Waals surface area contributed by atoms with Gasteiger partial charge in [-0.1, -0.05) is 30.3 Å². The predicted molar refractivity (Wildman–Crippen MR) is 81.2 cm³/mol. The van der Waals surface area contributed by atoms with Crippen molar-refractivity contribution in [2.24, 2.45) is 0 Å². The van der Waals surface area contributed by atoms with Crippen molar-refractivity contribution in [1.29, 1.82) is 0 Å². The summed E-state index contributed by atoms with van der Waals surface area (Å²) < 4.78 is 0. The van der Waals surface area contributed by atoms with E-state index in [1.807, 2.05) is 36.2 Å². The molecule has 2 rings (SSSR count). The van der Waals surface area contributed by atoms with Crippen LogP contribution in [0.2, 0.25) is 0 Å². The molecule has 20 heavy (non-hydrogen) atoms. The standard InChI is InChI=1S/C16H18N2O2/c1-18(10-9-12-5-3-2-4-6-12)13-7-8-15(17)14(11-13)16(19)20/h2-8,11H,9-10,17H2,1H3,(H,19,20). The Bertz CT molecular complexity index is 597. The van der Waals surface area contributed by atoms with Crippen molar-refractivity contribution in [3.8, 4) is 0 Å². The Labute approximate surface area is 118 Å². The summed E-state index contributed by atoms with van der Waals surface area (Å²) in [5.74, 6) is -0.999. The van der Waals surface area contributed by atoms with Gasteiger partial charge in [0, 0.05) is 25.0 Å². The van der Waals surface area contributed by atoms with Gasteiger partial charge in [0.1, 0.15) is 0 Å². The number of hydrogen-bond acceptors (Lipinski definition) is 3. The zero-order valence-electron chi connectivity index (χ0n) is 11.4. The third-order valence-electron chi connectivity index (χ3n) is 3.29. The first-order valence-corrected chi connectivity index (χ1v) is 6.46. The second-order valence-electron chi connectivity index (χ2n) is 4.73. The molecular weight excluding hydrogens is 252 g/mol. The lowest BCUT2D eigenvalue weighted by molar-refractivity contribution is 0.0698. The number of nitrogens with two attached hydrogens (primary N) is 1. The number of benzene rings is 2. The first-order valence-electron chi connectivity index (χ1n) is 6.46. The number of aromatic carboxylic acids is 1. The molecule has 0 atom stereocenters. The van der Waals surface area contributed by atoms with E-state index in [1.165, 1.54) is 5.56 Å². The second kappa shape index (κ2) is 6.10. The molecule has 104 valence electrons. The number of rotatable bonds is 5. The molecular formula is C16H18N2O2. The SMILES string of the molecule is CN(CCc1ccccc1)c1ccc(N)c(C(=O)O)c1. The maximum atomic E-state index is 11.1. The maximum absolute atomic E-state index is 11.1. The van der Waals surface area contributed by atoms with Crippen LogP contribution in [0, 0.1) is 0 Å². The Kier molecular flexibility index (Phi) is 4.25. The summed E-state index contributed by atoms with van der Waals surface area (Å²) in [6.07, 6.45) is 0.907. The van der Waals surface area contributed by atoms with Crippen molar-refractivity contribution in [2.45, 2.75) is 6.42 Å². The summed E-state index contributed by atoms with van der Waals surface area (Å²) in [5, 5.41) is 9.08. The molecule has 0 saturated carbocycles. The lowest BCUT2D eigenvalue weighted by atomic mass is 10.1. The molecule has 0 aliphatic rings. The van der Waals surface area contributed by atoms with E-state index in [2.05, 4.69) is 12.1 Å². The van der Waals surface area contributed by atoms with Crippen LogP contribution < -0.4 is 10.6 Å². The van der Waals surface area contributed by atoms with E-state index in [0.29, 0.717) is 0 Å². The number of hydrogen-bond donors (Lipinski definition) is 2. The average molecular weight is 270 g/mol. The molecule has 0 radical (unpaired) electrons. The predicted octanol–water partition coefficient (Wildman–Crippen LogP) is 2.65. The molecule has 0 fully saturated rings. The van der Waals surface area contributed by atoms with E-state index in [1.54, 1.807) is 12.1 Å². The number of carboxylic acids is 1. The first-order chi connectivity index (χ1) is 9.58. The van der Waals surface area contributed by atoms with Crippen LogP contribution in [0.3, 0.4) is 0 Å². The minimum atomic E-state index is -0.999. The Morgan fingerprint density at radius 3 is 2.55 bits per heavy atom. The highest BCUT2D eigenvalue weighted by Crippen LogP contribution is 2.20. The van der Waals surface area contributed by atoms with Crippen LogP contribution in [0.5, 0.6) is 0 Å². The van der Waals surface area contributed by atoms with Gasteiger partial charge < -0.3 is 15.7 Å². The fraction of sp³-hybridized carbons (Fsp3) is 0.188. The number of nitrogen functional groups attached to an aromatic ring is 1. The van der Waals surface area contributed by atoms with E-state index >= 15 is 0 Å². The van der Waals surface area contributed by atoms with Crippen molar-refractivity contribution in [2.75, 3.05) is 24.2 Å². The molecule has 3 N–H and O–H groups in total. The number of carboxylic acid groups (broad SMARTS) is 1. The normalized spacial score (nSPS) is 10.2. The molecule has 0 saturated heterocycles. The van der Waals surface area contributed by atoms with E-state index in [0.717, 1.165) is 18.7 Å². The molecule has 0 aromatic heterocycles. The first kappa shape index (κ1) is 13.9. The molecule has 0 heterocycles. The van der Waals surface area contributed by atoms with Crippen molar-refractivity contribution in [1.82, 2.24) is 0 Å². The van der Waals surface area contributed by atoms with Crippen LogP contribution in [-0.2, 0) is 6.42 Å². The summed E-state index contributed by atoms with van der Waals surface area (Å²) in [4.78, 5) is 13.1. The fourth-order valence-electron chi connectivity index (χ4n) is 2.04. The summed E-state index contributed by atoms with van der Waals surface area (Å²) in [7, 11) is 1.94. The average Bonchev–Trinajstić information content (AvgIpc) is 2.46. The van der Waals surface area contributed by atoms with Crippen LogP contribution in [0.25, 0.3) is 0 Å². The Morgan fingerprint density at radius 1 is 1.20 bits per heavy atom. The Morgan fingerprint density at radius 2 is 1.90 bits per heavy atom. The van der Waals surface area contributed by atoms with Gasteiger partial charge in [-0.3, -0.25) is 0 Å². The number of anilines is 2. The summed E-state index contributed by atoms with van der Waals surface area (Å²) in [5.41, 5.74) is 8.20.